The standard InChI is InChI=1S/C28H36N8O3/c1-3-10-39-28(37)36-21-5-6-22(36)15-20(14-21)30-27-23-7-4-19(17-35-8-11-38-12-9-35)29-24(23)16-25(32-27)31-26-13-18(2)33-34-26/h3-4,7,13,16,20-22H,1,5-6,8-12,14-15,17H2,2H3,(H3,30,31,32,33,34)/t20?,21-,22+. The number of anilines is 3. The monoisotopic (exact) mass is 532 g/mol. The number of hydrogen-bond donors (Lipinski definition) is 3. The Morgan fingerprint density at radius 2 is 1.97 bits per heavy atom. The molecule has 0 spiro atoms. The van der Waals surface area contributed by atoms with Crippen LogP contribution in [0.5, 0.6) is 0 Å². The zero-order valence-electron chi connectivity index (χ0n) is 22.4. The van der Waals surface area contributed by atoms with Crippen molar-refractivity contribution >= 4 is 34.4 Å². The molecule has 3 atom stereocenters. The number of fused-ring (bicyclic) bond motifs is 3. The van der Waals surface area contributed by atoms with Crippen molar-refractivity contribution in [3.63, 3.8) is 0 Å². The van der Waals surface area contributed by atoms with E-state index < -0.39 is 0 Å². The number of piperidine rings is 1. The van der Waals surface area contributed by atoms with E-state index in [1.165, 1.54) is 0 Å². The average Bonchev–Trinajstić information content (AvgIpc) is 3.46. The number of aromatic amines is 1. The van der Waals surface area contributed by atoms with E-state index in [1.807, 2.05) is 24.0 Å². The maximum absolute atomic E-state index is 12.6. The normalized spacial score (nSPS) is 23.1. The first-order valence-corrected chi connectivity index (χ1v) is 13.8. The van der Waals surface area contributed by atoms with E-state index in [4.69, 9.17) is 19.4 Å². The number of morpholine rings is 1. The minimum atomic E-state index is -0.234. The summed E-state index contributed by atoms with van der Waals surface area (Å²) in [4.78, 5) is 26.9. The van der Waals surface area contributed by atoms with Crippen molar-refractivity contribution < 1.29 is 14.3 Å². The van der Waals surface area contributed by atoms with E-state index in [2.05, 4.69) is 44.4 Å². The van der Waals surface area contributed by atoms with Crippen LogP contribution in [0.25, 0.3) is 10.9 Å². The highest BCUT2D eigenvalue weighted by Gasteiger charge is 2.44. The molecule has 206 valence electrons. The molecular weight excluding hydrogens is 496 g/mol. The number of aromatic nitrogens is 4. The molecule has 11 nitrogen and oxygen atoms in total. The molecule has 0 aliphatic carbocycles. The Bertz CT molecular complexity index is 1320. The van der Waals surface area contributed by atoms with Gasteiger partial charge in [-0.25, -0.2) is 9.78 Å². The van der Waals surface area contributed by atoms with E-state index in [-0.39, 0.29) is 30.8 Å². The van der Waals surface area contributed by atoms with Crippen molar-refractivity contribution in [3.8, 4) is 0 Å². The van der Waals surface area contributed by atoms with Crippen LogP contribution in [-0.2, 0) is 16.0 Å². The van der Waals surface area contributed by atoms with Crippen LogP contribution in [0.2, 0.25) is 0 Å². The Labute approximate surface area is 228 Å². The molecule has 3 aliphatic rings. The third kappa shape index (κ3) is 5.69. The number of pyridine rings is 2. The number of nitrogens with zero attached hydrogens (tertiary/aromatic N) is 5. The third-order valence-corrected chi connectivity index (χ3v) is 7.80. The summed E-state index contributed by atoms with van der Waals surface area (Å²) in [6.07, 6.45) is 5.06. The van der Waals surface area contributed by atoms with E-state index in [0.29, 0.717) is 11.6 Å². The van der Waals surface area contributed by atoms with Crippen molar-refractivity contribution in [1.29, 1.82) is 0 Å². The Kier molecular flexibility index (Phi) is 7.34. The second kappa shape index (κ2) is 11.2. The fraction of sp³-hybridized carbons (Fsp3) is 0.500. The number of H-pyrrole nitrogens is 1. The molecule has 3 fully saturated rings. The Hall–Kier alpha value is -3.70. The highest BCUT2D eigenvalue weighted by Crippen LogP contribution is 2.38. The molecule has 0 radical (unpaired) electrons. The molecule has 1 unspecified atom stereocenters. The molecule has 3 aromatic heterocycles. The lowest BCUT2D eigenvalue weighted by atomic mass is 9.97. The smallest absolute Gasteiger partial charge is 0.410 e. The number of amides is 1. The number of aryl methyl sites for hydroxylation is 1. The van der Waals surface area contributed by atoms with Crippen LogP contribution in [-0.4, -0.2) is 87.1 Å². The van der Waals surface area contributed by atoms with E-state index >= 15 is 0 Å². The minimum Gasteiger partial charge on any atom is -0.445 e. The third-order valence-electron chi connectivity index (χ3n) is 7.80. The lowest BCUT2D eigenvalue weighted by Gasteiger charge is -2.38. The van der Waals surface area contributed by atoms with Gasteiger partial charge in [0, 0.05) is 61.0 Å². The quantitative estimate of drug-likeness (QED) is 0.370. The predicted octanol–water partition coefficient (Wildman–Crippen LogP) is 3.97. The van der Waals surface area contributed by atoms with Crippen LogP contribution in [0.4, 0.5) is 22.2 Å². The van der Waals surface area contributed by atoms with Gasteiger partial charge < -0.3 is 25.0 Å². The number of rotatable bonds is 8. The Balaban J connectivity index is 1.25. The zero-order chi connectivity index (χ0) is 26.8. The summed E-state index contributed by atoms with van der Waals surface area (Å²) in [6.45, 7) is 9.98. The molecule has 0 saturated carbocycles. The topological polar surface area (TPSA) is 121 Å². The maximum atomic E-state index is 12.6. The summed E-state index contributed by atoms with van der Waals surface area (Å²) in [7, 11) is 0. The number of carbonyl (C=O) groups is 1. The van der Waals surface area contributed by atoms with Gasteiger partial charge in [0.25, 0.3) is 0 Å². The average molecular weight is 533 g/mol. The molecule has 2 bridgehead atoms. The van der Waals surface area contributed by atoms with E-state index in [0.717, 1.165) is 86.6 Å². The van der Waals surface area contributed by atoms with Gasteiger partial charge in [0.05, 0.1) is 24.4 Å². The van der Waals surface area contributed by atoms with Gasteiger partial charge in [-0.1, -0.05) is 12.7 Å². The first-order chi connectivity index (χ1) is 19.1. The SMILES string of the molecule is C=CCOC(=O)N1[C@@H]2CC[C@H]1CC(Nc1nc(Nc3cc(C)[nH]n3)cc3nc(CN4CCOCC4)ccc13)C2. The van der Waals surface area contributed by atoms with Gasteiger partial charge in [0.1, 0.15) is 18.2 Å². The number of ether oxygens (including phenoxy) is 2. The molecule has 11 heteroatoms. The van der Waals surface area contributed by atoms with Crippen LogP contribution in [0.3, 0.4) is 0 Å². The summed E-state index contributed by atoms with van der Waals surface area (Å²) in [5.74, 6) is 2.18. The summed E-state index contributed by atoms with van der Waals surface area (Å²) >= 11 is 0. The number of nitrogens with one attached hydrogen (secondary N) is 3. The zero-order valence-corrected chi connectivity index (χ0v) is 22.4. The largest absolute Gasteiger partial charge is 0.445 e. The Morgan fingerprint density at radius 3 is 2.69 bits per heavy atom. The van der Waals surface area contributed by atoms with Crippen molar-refractivity contribution in [2.75, 3.05) is 43.5 Å². The second-order valence-electron chi connectivity index (χ2n) is 10.6. The maximum Gasteiger partial charge on any atom is 0.410 e. The highest BCUT2D eigenvalue weighted by atomic mass is 16.6. The van der Waals surface area contributed by atoms with Gasteiger partial charge in [0.2, 0.25) is 0 Å². The first-order valence-electron chi connectivity index (χ1n) is 13.8. The van der Waals surface area contributed by atoms with Crippen molar-refractivity contribution in [3.05, 3.63) is 48.3 Å². The summed E-state index contributed by atoms with van der Waals surface area (Å²) in [5.41, 5.74) is 2.87. The molecule has 3 aliphatic heterocycles. The lowest BCUT2D eigenvalue weighted by molar-refractivity contribution is 0.0337. The summed E-state index contributed by atoms with van der Waals surface area (Å²) < 4.78 is 10.9. The fourth-order valence-corrected chi connectivity index (χ4v) is 6.02. The summed E-state index contributed by atoms with van der Waals surface area (Å²) in [6, 6.07) is 8.66. The fourth-order valence-electron chi connectivity index (χ4n) is 6.02. The highest BCUT2D eigenvalue weighted by molar-refractivity contribution is 5.91. The van der Waals surface area contributed by atoms with Crippen molar-refractivity contribution in [2.24, 2.45) is 0 Å². The molecule has 0 aromatic carbocycles. The lowest BCUT2D eigenvalue weighted by Crippen LogP contribution is -2.50. The van der Waals surface area contributed by atoms with Crippen molar-refractivity contribution in [2.45, 2.75) is 57.3 Å². The molecule has 3 N–H and O–H groups in total. The van der Waals surface area contributed by atoms with Gasteiger partial charge in [-0.2, -0.15) is 5.10 Å². The first kappa shape index (κ1) is 25.6. The molecular formula is C28H36N8O3. The second-order valence-corrected chi connectivity index (χ2v) is 10.6. The van der Waals surface area contributed by atoms with Crippen LogP contribution in [0, 0.1) is 6.92 Å². The predicted molar refractivity (Wildman–Crippen MR) is 149 cm³/mol. The van der Waals surface area contributed by atoms with Crippen LogP contribution >= 0.6 is 0 Å². The summed E-state index contributed by atoms with van der Waals surface area (Å²) in [5, 5.41) is 15.3. The van der Waals surface area contributed by atoms with E-state index in [1.54, 1.807) is 6.08 Å². The molecule has 39 heavy (non-hydrogen) atoms. The molecule has 3 aromatic rings. The van der Waals surface area contributed by atoms with Gasteiger partial charge in [-0.05, 0) is 44.7 Å². The number of hydrogen-bond acceptors (Lipinski definition) is 9. The van der Waals surface area contributed by atoms with Crippen LogP contribution < -0.4 is 10.6 Å². The van der Waals surface area contributed by atoms with Crippen molar-refractivity contribution in [1.82, 2.24) is 30.0 Å². The van der Waals surface area contributed by atoms with Gasteiger partial charge >= 0.3 is 6.09 Å². The molecule has 3 saturated heterocycles. The van der Waals surface area contributed by atoms with Crippen LogP contribution in [0.15, 0.2) is 36.9 Å². The van der Waals surface area contributed by atoms with Gasteiger partial charge in [-0.15, -0.1) is 0 Å². The number of carbonyl (C=O) groups excluding carboxylic acids is 1. The molecule has 1 amide bonds. The molecule has 6 rings (SSSR count). The minimum absolute atomic E-state index is 0.163. The van der Waals surface area contributed by atoms with Gasteiger partial charge in [0.15, 0.2) is 5.82 Å². The van der Waals surface area contributed by atoms with E-state index in [9.17, 15) is 4.79 Å². The van der Waals surface area contributed by atoms with Gasteiger partial charge in [-0.3, -0.25) is 15.0 Å². The van der Waals surface area contributed by atoms with Crippen LogP contribution in [0.1, 0.15) is 37.1 Å². The Morgan fingerprint density at radius 1 is 1.18 bits per heavy atom. The molecule has 6 heterocycles.